The maximum atomic E-state index is 5.54. The molecule has 0 atom stereocenters. The summed E-state index contributed by atoms with van der Waals surface area (Å²) in [6.45, 7) is 1.01. The molecule has 5 nitrogen and oxygen atoms in total. The molecule has 1 aliphatic rings. The highest BCUT2D eigenvalue weighted by Gasteiger charge is 2.26. The van der Waals surface area contributed by atoms with E-state index in [2.05, 4.69) is 33.3 Å². The first kappa shape index (κ1) is 14.5. The Bertz CT molecular complexity index is 1090. The molecule has 126 valence electrons. The van der Waals surface area contributed by atoms with Crippen molar-refractivity contribution in [1.82, 2.24) is 19.1 Å². The zero-order chi connectivity index (χ0) is 17.0. The van der Waals surface area contributed by atoms with Crippen LogP contribution < -0.4 is 4.74 Å². The maximum Gasteiger partial charge on any atom is 0.157 e. The van der Waals surface area contributed by atoms with Crippen LogP contribution in [0.25, 0.3) is 33.6 Å². The number of nitrogens with zero attached hydrogens (tertiary/aromatic N) is 4. The van der Waals surface area contributed by atoms with Gasteiger partial charge in [-0.1, -0.05) is 6.07 Å². The molecule has 0 saturated heterocycles. The number of hydrogen-bond donors (Lipinski definition) is 0. The summed E-state index contributed by atoms with van der Waals surface area (Å²) >= 11 is 0. The van der Waals surface area contributed by atoms with E-state index in [0.717, 1.165) is 51.8 Å². The average Bonchev–Trinajstić information content (AvgIpc) is 3.30. The van der Waals surface area contributed by atoms with Gasteiger partial charge >= 0.3 is 0 Å². The molecular formula is C20H20N4O. The standard InChI is InChI=1S/C20H20N4O/c1-23-18-15(6-3-7-17(18)25-2)22-20(23)16-11-14-5-4-10-21-19(14)24(16)12-13-8-9-13/h3-7,10-11,13H,8-9,12H2,1-2H3. The highest BCUT2D eigenvalue weighted by molar-refractivity contribution is 5.88. The Morgan fingerprint density at radius 1 is 1.20 bits per heavy atom. The van der Waals surface area contributed by atoms with E-state index in [1.54, 1.807) is 7.11 Å². The van der Waals surface area contributed by atoms with E-state index < -0.39 is 0 Å². The van der Waals surface area contributed by atoms with E-state index in [9.17, 15) is 0 Å². The van der Waals surface area contributed by atoms with Crippen molar-refractivity contribution in [2.45, 2.75) is 19.4 Å². The topological polar surface area (TPSA) is 44.9 Å². The van der Waals surface area contributed by atoms with Crippen molar-refractivity contribution in [2.75, 3.05) is 7.11 Å². The summed E-state index contributed by atoms with van der Waals surface area (Å²) in [5.74, 6) is 2.57. The average molecular weight is 332 g/mol. The molecule has 0 bridgehead atoms. The van der Waals surface area contributed by atoms with E-state index in [1.807, 2.05) is 30.5 Å². The molecule has 1 aliphatic carbocycles. The van der Waals surface area contributed by atoms with Gasteiger partial charge in [-0.3, -0.25) is 0 Å². The lowest BCUT2D eigenvalue weighted by atomic mass is 10.3. The first-order chi connectivity index (χ1) is 12.3. The zero-order valence-electron chi connectivity index (χ0n) is 14.4. The van der Waals surface area contributed by atoms with Gasteiger partial charge in [0.1, 0.15) is 16.9 Å². The SMILES string of the molecule is COc1cccc2nc(-c3cc4cccnc4n3CC3CC3)n(C)c12. The Hall–Kier alpha value is -2.82. The number of imidazole rings is 1. The Morgan fingerprint density at radius 3 is 2.88 bits per heavy atom. The van der Waals surface area contributed by atoms with Crippen LogP contribution in [0.2, 0.25) is 0 Å². The third-order valence-corrected chi connectivity index (χ3v) is 5.10. The van der Waals surface area contributed by atoms with Gasteiger partial charge in [0.15, 0.2) is 5.82 Å². The van der Waals surface area contributed by atoms with Gasteiger partial charge in [-0.15, -0.1) is 0 Å². The number of ether oxygens (including phenoxy) is 1. The van der Waals surface area contributed by atoms with Crippen LogP contribution in [0.1, 0.15) is 12.8 Å². The highest BCUT2D eigenvalue weighted by Crippen LogP contribution is 2.36. The molecular weight excluding hydrogens is 312 g/mol. The molecule has 1 fully saturated rings. The molecule has 3 heterocycles. The van der Waals surface area contributed by atoms with Crippen molar-refractivity contribution < 1.29 is 4.74 Å². The van der Waals surface area contributed by atoms with Crippen LogP contribution in [0.3, 0.4) is 0 Å². The number of pyridine rings is 1. The largest absolute Gasteiger partial charge is 0.494 e. The molecule has 1 aromatic carbocycles. The second-order valence-corrected chi connectivity index (χ2v) is 6.82. The van der Waals surface area contributed by atoms with Crippen molar-refractivity contribution in [3.63, 3.8) is 0 Å². The van der Waals surface area contributed by atoms with Crippen LogP contribution in [-0.2, 0) is 13.6 Å². The minimum absolute atomic E-state index is 0.764. The number of para-hydroxylation sites is 1. The predicted molar refractivity (Wildman–Crippen MR) is 98.7 cm³/mol. The summed E-state index contributed by atoms with van der Waals surface area (Å²) in [5.41, 5.74) is 4.15. The molecule has 1 saturated carbocycles. The summed E-state index contributed by atoms with van der Waals surface area (Å²) in [5, 5.41) is 1.16. The fraction of sp³-hybridized carbons (Fsp3) is 0.300. The van der Waals surface area contributed by atoms with Crippen LogP contribution >= 0.6 is 0 Å². The van der Waals surface area contributed by atoms with E-state index >= 15 is 0 Å². The molecule has 5 heteroatoms. The van der Waals surface area contributed by atoms with Gasteiger partial charge in [0.05, 0.1) is 18.3 Å². The Balaban J connectivity index is 1.78. The van der Waals surface area contributed by atoms with E-state index in [1.165, 1.54) is 12.8 Å². The smallest absolute Gasteiger partial charge is 0.157 e. The first-order valence-corrected chi connectivity index (χ1v) is 8.70. The normalized spacial score (nSPS) is 14.5. The molecule has 5 rings (SSSR count). The lowest BCUT2D eigenvalue weighted by Gasteiger charge is -2.10. The van der Waals surface area contributed by atoms with Crippen molar-refractivity contribution in [1.29, 1.82) is 0 Å². The minimum atomic E-state index is 0.764. The summed E-state index contributed by atoms with van der Waals surface area (Å²) in [6.07, 6.45) is 4.48. The van der Waals surface area contributed by atoms with Gasteiger partial charge in [0.2, 0.25) is 0 Å². The Labute approximate surface area is 145 Å². The van der Waals surface area contributed by atoms with Crippen molar-refractivity contribution in [3.8, 4) is 17.3 Å². The van der Waals surface area contributed by atoms with Gasteiger partial charge in [-0.2, -0.15) is 0 Å². The molecule has 3 aromatic heterocycles. The van der Waals surface area contributed by atoms with Gasteiger partial charge in [-0.25, -0.2) is 9.97 Å². The Morgan fingerprint density at radius 2 is 2.08 bits per heavy atom. The molecule has 0 radical (unpaired) electrons. The molecule has 4 aromatic rings. The quantitative estimate of drug-likeness (QED) is 0.567. The molecule has 0 unspecified atom stereocenters. The molecule has 0 amide bonds. The van der Waals surface area contributed by atoms with Gasteiger partial charge < -0.3 is 13.9 Å². The van der Waals surface area contributed by atoms with Crippen molar-refractivity contribution >= 4 is 22.1 Å². The van der Waals surface area contributed by atoms with Crippen LogP contribution in [0.4, 0.5) is 0 Å². The van der Waals surface area contributed by atoms with Crippen molar-refractivity contribution in [2.24, 2.45) is 13.0 Å². The first-order valence-electron chi connectivity index (χ1n) is 8.70. The number of fused-ring (bicyclic) bond motifs is 2. The molecule has 0 spiro atoms. The number of benzene rings is 1. The third kappa shape index (κ3) is 2.22. The number of aromatic nitrogens is 4. The maximum absolute atomic E-state index is 5.54. The summed E-state index contributed by atoms with van der Waals surface area (Å²) in [4.78, 5) is 9.54. The predicted octanol–water partition coefficient (Wildman–Crippen LogP) is 4.01. The van der Waals surface area contributed by atoms with Gasteiger partial charge in [0.25, 0.3) is 0 Å². The minimum Gasteiger partial charge on any atom is -0.494 e. The van der Waals surface area contributed by atoms with E-state index in [-0.39, 0.29) is 0 Å². The molecule has 25 heavy (non-hydrogen) atoms. The lowest BCUT2D eigenvalue weighted by molar-refractivity contribution is 0.418. The zero-order valence-corrected chi connectivity index (χ0v) is 14.4. The fourth-order valence-corrected chi connectivity index (χ4v) is 3.64. The van der Waals surface area contributed by atoms with Crippen molar-refractivity contribution in [3.05, 3.63) is 42.6 Å². The van der Waals surface area contributed by atoms with Gasteiger partial charge in [0, 0.05) is 25.2 Å². The fourth-order valence-electron chi connectivity index (χ4n) is 3.64. The Kier molecular flexibility index (Phi) is 3.10. The molecule has 0 N–H and O–H groups in total. The third-order valence-electron chi connectivity index (χ3n) is 5.10. The van der Waals surface area contributed by atoms with E-state index in [0.29, 0.717) is 0 Å². The number of hydrogen-bond acceptors (Lipinski definition) is 3. The monoisotopic (exact) mass is 332 g/mol. The van der Waals surface area contributed by atoms with Gasteiger partial charge in [-0.05, 0) is 49.1 Å². The summed E-state index contributed by atoms with van der Waals surface area (Å²) in [6, 6.07) is 12.3. The second kappa shape index (κ2) is 5.34. The second-order valence-electron chi connectivity index (χ2n) is 6.82. The summed E-state index contributed by atoms with van der Waals surface area (Å²) < 4.78 is 10.0. The lowest BCUT2D eigenvalue weighted by Crippen LogP contribution is -2.05. The summed E-state index contributed by atoms with van der Waals surface area (Å²) in [7, 11) is 3.76. The van der Waals surface area contributed by atoms with Crippen LogP contribution in [0.15, 0.2) is 42.6 Å². The van der Waals surface area contributed by atoms with E-state index in [4.69, 9.17) is 9.72 Å². The van der Waals surface area contributed by atoms with Crippen LogP contribution in [0, 0.1) is 5.92 Å². The highest BCUT2D eigenvalue weighted by atomic mass is 16.5. The number of rotatable bonds is 4. The number of methoxy groups -OCH3 is 1. The van der Waals surface area contributed by atoms with Crippen LogP contribution in [0.5, 0.6) is 5.75 Å². The molecule has 0 aliphatic heterocycles. The van der Waals surface area contributed by atoms with Crippen LogP contribution in [-0.4, -0.2) is 26.2 Å². The number of aryl methyl sites for hydroxylation is 1.